The van der Waals surface area contributed by atoms with Crippen molar-refractivity contribution in [1.29, 1.82) is 0 Å². The summed E-state index contributed by atoms with van der Waals surface area (Å²) in [6.45, 7) is 0. The number of hydrogen-bond donors (Lipinski definition) is 1. The quantitative estimate of drug-likeness (QED) is 0.429. The number of hydrogen-bond acceptors (Lipinski definition) is 4. The molecule has 0 fully saturated rings. The molecule has 0 amide bonds. The fourth-order valence-electron chi connectivity index (χ4n) is 2.30. The van der Waals surface area contributed by atoms with Gasteiger partial charge >= 0.3 is 0 Å². The van der Waals surface area contributed by atoms with Crippen LogP contribution in [0.3, 0.4) is 0 Å². The van der Waals surface area contributed by atoms with E-state index in [0.717, 1.165) is 11.1 Å². The van der Waals surface area contributed by atoms with Gasteiger partial charge in [-0.3, -0.25) is 15.1 Å². The highest BCUT2D eigenvalue weighted by Crippen LogP contribution is 2.25. The van der Waals surface area contributed by atoms with Crippen LogP contribution in [0.2, 0.25) is 0 Å². The molecule has 3 aromatic carbocycles. The number of rotatable bonds is 4. The van der Waals surface area contributed by atoms with E-state index in [-0.39, 0.29) is 11.4 Å². The Balaban J connectivity index is 1.90. The molecule has 0 aliphatic heterocycles. The summed E-state index contributed by atoms with van der Waals surface area (Å²) in [5.41, 5.74) is 3.00. The van der Waals surface area contributed by atoms with Crippen molar-refractivity contribution in [1.82, 2.24) is 0 Å². The van der Waals surface area contributed by atoms with Gasteiger partial charge in [0.25, 0.3) is 5.69 Å². The van der Waals surface area contributed by atoms with Crippen LogP contribution in [0.5, 0.6) is 5.75 Å². The van der Waals surface area contributed by atoms with Crippen LogP contribution in [-0.2, 0) is 0 Å². The first-order valence-corrected chi connectivity index (χ1v) is 7.30. The third-order valence-electron chi connectivity index (χ3n) is 3.53. The molecular formula is C19H14N2O3. The van der Waals surface area contributed by atoms with E-state index in [2.05, 4.69) is 4.99 Å². The molecular weight excluding hydrogens is 304 g/mol. The monoisotopic (exact) mass is 318 g/mol. The lowest BCUT2D eigenvalue weighted by Gasteiger charge is -2.03. The van der Waals surface area contributed by atoms with E-state index in [0.29, 0.717) is 11.3 Å². The zero-order valence-corrected chi connectivity index (χ0v) is 12.7. The molecule has 0 heterocycles. The van der Waals surface area contributed by atoms with Crippen LogP contribution < -0.4 is 0 Å². The first-order valence-electron chi connectivity index (χ1n) is 7.30. The number of benzene rings is 3. The maximum absolute atomic E-state index is 10.8. The fraction of sp³-hybridized carbons (Fsp3) is 0. The summed E-state index contributed by atoms with van der Waals surface area (Å²) in [5.74, 6) is -0.0523. The molecule has 0 aliphatic carbocycles. The summed E-state index contributed by atoms with van der Waals surface area (Å²) in [4.78, 5) is 14.6. The van der Waals surface area contributed by atoms with E-state index in [9.17, 15) is 15.2 Å². The van der Waals surface area contributed by atoms with Crippen LogP contribution in [0, 0.1) is 10.1 Å². The summed E-state index contributed by atoms with van der Waals surface area (Å²) >= 11 is 0. The Kier molecular flexibility index (Phi) is 4.34. The molecule has 0 saturated carbocycles. The van der Waals surface area contributed by atoms with Crippen molar-refractivity contribution >= 4 is 17.6 Å². The molecule has 0 atom stereocenters. The van der Waals surface area contributed by atoms with Crippen molar-refractivity contribution in [2.24, 2.45) is 4.99 Å². The Morgan fingerprint density at radius 1 is 0.917 bits per heavy atom. The molecule has 0 saturated heterocycles. The summed E-state index contributed by atoms with van der Waals surface area (Å²) in [5, 5.41) is 20.6. The van der Waals surface area contributed by atoms with Crippen molar-refractivity contribution in [2.45, 2.75) is 0 Å². The predicted octanol–water partition coefficient (Wildman–Crippen LogP) is 4.72. The summed E-state index contributed by atoms with van der Waals surface area (Å²) in [6, 6.07) is 21.4. The van der Waals surface area contributed by atoms with E-state index in [4.69, 9.17) is 0 Å². The highest BCUT2D eigenvalue weighted by molar-refractivity contribution is 5.86. The van der Waals surface area contributed by atoms with Crippen LogP contribution in [0.4, 0.5) is 11.4 Å². The van der Waals surface area contributed by atoms with Gasteiger partial charge in [0.2, 0.25) is 0 Å². The SMILES string of the molecule is O=[N+]([O-])c1ccc(O)c(C=Nc2cccc(-c3ccccc3)c2)c1. The molecule has 1 N–H and O–H groups in total. The smallest absolute Gasteiger partial charge is 0.270 e. The minimum atomic E-state index is -0.507. The highest BCUT2D eigenvalue weighted by atomic mass is 16.6. The Hall–Kier alpha value is -3.47. The van der Waals surface area contributed by atoms with Gasteiger partial charge in [-0.1, -0.05) is 42.5 Å². The molecule has 3 rings (SSSR count). The zero-order valence-electron chi connectivity index (χ0n) is 12.7. The van der Waals surface area contributed by atoms with Gasteiger partial charge < -0.3 is 5.11 Å². The number of phenols is 1. The van der Waals surface area contributed by atoms with Crippen molar-refractivity contribution < 1.29 is 10.0 Å². The fourth-order valence-corrected chi connectivity index (χ4v) is 2.30. The van der Waals surface area contributed by atoms with E-state index in [1.54, 1.807) is 0 Å². The van der Waals surface area contributed by atoms with Crippen molar-refractivity contribution in [3.63, 3.8) is 0 Å². The highest BCUT2D eigenvalue weighted by Gasteiger charge is 2.08. The first-order chi connectivity index (χ1) is 11.6. The molecule has 24 heavy (non-hydrogen) atoms. The second-order valence-electron chi connectivity index (χ2n) is 5.17. The molecule has 3 aromatic rings. The van der Waals surface area contributed by atoms with Crippen LogP contribution in [0.15, 0.2) is 77.8 Å². The average molecular weight is 318 g/mol. The Morgan fingerprint density at radius 3 is 2.42 bits per heavy atom. The molecule has 0 spiro atoms. The number of aliphatic imine (C=N–C) groups is 1. The van der Waals surface area contributed by atoms with Crippen molar-refractivity contribution in [2.75, 3.05) is 0 Å². The van der Waals surface area contributed by atoms with Gasteiger partial charge in [0.05, 0.1) is 10.6 Å². The van der Waals surface area contributed by atoms with Crippen LogP contribution >= 0.6 is 0 Å². The molecule has 0 bridgehead atoms. The molecule has 0 aliphatic rings. The number of aromatic hydroxyl groups is 1. The second kappa shape index (κ2) is 6.75. The standard InChI is InChI=1S/C19H14N2O3/c22-19-10-9-18(21(23)24)12-16(19)13-20-17-8-4-7-15(11-17)14-5-2-1-3-6-14/h1-13,22H. The number of nitro benzene ring substituents is 1. The first kappa shape index (κ1) is 15.4. The van der Waals surface area contributed by atoms with Crippen LogP contribution in [-0.4, -0.2) is 16.2 Å². The Bertz CT molecular complexity index is 905. The van der Waals surface area contributed by atoms with E-state index >= 15 is 0 Å². The van der Waals surface area contributed by atoms with Gasteiger partial charge in [0.15, 0.2) is 0 Å². The van der Waals surface area contributed by atoms with Gasteiger partial charge in [-0.2, -0.15) is 0 Å². The van der Waals surface area contributed by atoms with Gasteiger partial charge in [-0.05, 0) is 29.3 Å². The second-order valence-corrected chi connectivity index (χ2v) is 5.17. The van der Waals surface area contributed by atoms with Gasteiger partial charge in [0.1, 0.15) is 5.75 Å². The minimum absolute atomic E-state index is 0.0523. The maximum atomic E-state index is 10.8. The van der Waals surface area contributed by atoms with Crippen LogP contribution in [0.1, 0.15) is 5.56 Å². The molecule has 0 unspecified atom stereocenters. The molecule has 118 valence electrons. The van der Waals surface area contributed by atoms with Gasteiger partial charge in [-0.15, -0.1) is 0 Å². The van der Waals surface area contributed by atoms with E-state index < -0.39 is 4.92 Å². The number of phenolic OH excluding ortho intramolecular Hbond substituents is 1. The summed E-state index contributed by atoms with van der Waals surface area (Å²) in [6.07, 6.45) is 1.42. The van der Waals surface area contributed by atoms with E-state index in [1.165, 1.54) is 24.4 Å². The number of nitro groups is 1. The Morgan fingerprint density at radius 2 is 1.67 bits per heavy atom. The van der Waals surface area contributed by atoms with E-state index in [1.807, 2.05) is 54.6 Å². The largest absolute Gasteiger partial charge is 0.507 e. The molecule has 0 aromatic heterocycles. The molecule has 0 radical (unpaired) electrons. The van der Waals surface area contributed by atoms with Crippen molar-refractivity contribution in [3.8, 4) is 16.9 Å². The zero-order chi connectivity index (χ0) is 16.9. The number of nitrogens with zero attached hydrogens (tertiary/aromatic N) is 2. The number of non-ortho nitro benzene ring substituents is 1. The van der Waals surface area contributed by atoms with Crippen LogP contribution in [0.25, 0.3) is 11.1 Å². The lowest BCUT2D eigenvalue weighted by Crippen LogP contribution is -1.90. The topological polar surface area (TPSA) is 75.7 Å². The summed E-state index contributed by atoms with van der Waals surface area (Å²) < 4.78 is 0. The minimum Gasteiger partial charge on any atom is -0.507 e. The predicted molar refractivity (Wildman–Crippen MR) is 93.9 cm³/mol. The summed E-state index contributed by atoms with van der Waals surface area (Å²) in [7, 11) is 0. The Labute approximate surface area is 138 Å². The third kappa shape index (κ3) is 3.47. The van der Waals surface area contributed by atoms with Gasteiger partial charge in [-0.25, -0.2) is 0 Å². The lowest BCUT2D eigenvalue weighted by molar-refractivity contribution is -0.384. The maximum Gasteiger partial charge on any atom is 0.270 e. The van der Waals surface area contributed by atoms with Gasteiger partial charge in [0, 0.05) is 23.9 Å². The molecule has 5 nitrogen and oxygen atoms in total. The van der Waals surface area contributed by atoms with Crippen molar-refractivity contribution in [3.05, 3.63) is 88.5 Å². The molecule has 5 heteroatoms. The third-order valence-corrected chi connectivity index (χ3v) is 3.53. The normalized spacial score (nSPS) is 10.8. The average Bonchev–Trinajstić information content (AvgIpc) is 2.62. The lowest BCUT2D eigenvalue weighted by atomic mass is 10.1.